The van der Waals surface area contributed by atoms with Crippen LogP contribution in [0.2, 0.25) is 5.02 Å². The number of aryl methyl sites for hydroxylation is 1. The van der Waals surface area contributed by atoms with E-state index in [0.29, 0.717) is 23.3 Å². The minimum Gasteiger partial charge on any atom is -0.370 e. The average Bonchev–Trinajstić information content (AvgIpc) is 2.77. The van der Waals surface area contributed by atoms with Gasteiger partial charge in [0.25, 0.3) is 0 Å². The van der Waals surface area contributed by atoms with E-state index in [2.05, 4.69) is 15.6 Å². The zero-order valence-electron chi connectivity index (χ0n) is 17.8. The summed E-state index contributed by atoms with van der Waals surface area (Å²) >= 11 is 6.45. The number of aromatic nitrogens is 2. The Morgan fingerprint density at radius 1 is 1.03 bits per heavy atom. The van der Waals surface area contributed by atoms with Crippen LogP contribution in [0.5, 0.6) is 0 Å². The van der Waals surface area contributed by atoms with Crippen molar-refractivity contribution in [2.24, 2.45) is 5.92 Å². The van der Waals surface area contributed by atoms with Gasteiger partial charge in [0.1, 0.15) is 17.5 Å². The van der Waals surface area contributed by atoms with Crippen LogP contribution >= 0.6 is 11.6 Å². The summed E-state index contributed by atoms with van der Waals surface area (Å²) in [6.07, 6.45) is 8.25. The zero-order chi connectivity index (χ0) is 21.6. The molecule has 4 nitrogen and oxygen atoms in total. The molecule has 2 aromatic heterocycles. The fraction of sp³-hybridized carbons (Fsp3) is 0.360. The van der Waals surface area contributed by atoms with Gasteiger partial charge in [0.2, 0.25) is 0 Å². The van der Waals surface area contributed by atoms with E-state index in [0.717, 1.165) is 34.7 Å². The quantitative estimate of drug-likeness (QED) is 0.423. The van der Waals surface area contributed by atoms with Crippen LogP contribution in [0.1, 0.15) is 43.2 Å². The monoisotopic (exact) mass is 438 g/mol. The van der Waals surface area contributed by atoms with Gasteiger partial charge in [-0.05, 0) is 67.1 Å². The number of hydrogen-bond acceptors (Lipinski definition) is 4. The van der Waals surface area contributed by atoms with Crippen molar-refractivity contribution in [1.82, 2.24) is 9.97 Å². The lowest BCUT2D eigenvalue weighted by Crippen LogP contribution is -2.17. The van der Waals surface area contributed by atoms with Crippen molar-refractivity contribution in [2.75, 3.05) is 17.2 Å². The normalized spacial score (nSPS) is 14.4. The first kappa shape index (κ1) is 21.6. The van der Waals surface area contributed by atoms with Gasteiger partial charge < -0.3 is 10.6 Å². The summed E-state index contributed by atoms with van der Waals surface area (Å²) in [5, 5.41) is 7.31. The van der Waals surface area contributed by atoms with Gasteiger partial charge in [-0.3, -0.25) is 0 Å². The van der Waals surface area contributed by atoms with E-state index >= 15 is 0 Å². The number of nitrogens with zero attached hydrogens (tertiary/aromatic N) is 2. The van der Waals surface area contributed by atoms with Crippen LogP contribution in [0.3, 0.4) is 0 Å². The third-order valence-electron chi connectivity index (χ3n) is 5.75. The maximum absolute atomic E-state index is 13.6. The number of rotatable bonds is 7. The highest BCUT2D eigenvalue weighted by molar-refractivity contribution is 6.33. The topological polar surface area (TPSA) is 49.8 Å². The predicted octanol–water partition coefficient (Wildman–Crippen LogP) is 6.85. The maximum Gasteiger partial charge on any atom is 0.126 e. The van der Waals surface area contributed by atoms with E-state index in [1.54, 1.807) is 6.20 Å². The summed E-state index contributed by atoms with van der Waals surface area (Å²) in [6.45, 7) is 3.32. The van der Waals surface area contributed by atoms with Crippen LogP contribution in [0.25, 0.3) is 11.3 Å². The van der Waals surface area contributed by atoms with E-state index in [-0.39, 0.29) is 5.82 Å². The van der Waals surface area contributed by atoms with Gasteiger partial charge in [-0.1, -0.05) is 43.0 Å². The number of hydrogen-bond donors (Lipinski definition) is 2. The molecule has 0 radical (unpaired) electrons. The fourth-order valence-corrected chi connectivity index (χ4v) is 4.36. The molecule has 31 heavy (non-hydrogen) atoms. The molecule has 1 saturated carbocycles. The Balaban J connectivity index is 1.46. The lowest BCUT2D eigenvalue weighted by Gasteiger charge is -2.22. The molecule has 0 atom stereocenters. The second-order valence-electron chi connectivity index (χ2n) is 8.33. The lowest BCUT2D eigenvalue weighted by atomic mass is 9.89. The number of halogens is 2. The first-order valence-electron chi connectivity index (χ1n) is 10.9. The van der Waals surface area contributed by atoms with E-state index in [1.165, 1.54) is 44.2 Å². The van der Waals surface area contributed by atoms with Crippen molar-refractivity contribution in [2.45, 2.75) is 45.6 Å². The summed E-state index contributed by atoms with van der Waals surface area (Å²) in [6, 6.07) is 12.8. The molecule has 3 aromatic rings. The van der Waals surface area contributed by atoms with Crippen LogP contribution in [-0.4, -0.2) is 16.5 Å². The Morgan fingerprint density at radius 3 is 2.68 bits per heavy atom. The van der Waals surface area contributed by atoms with Crippen molar-refractivity contribution in [1.29, 1.82) is 0 Å². The van der Waals surface area contributed by atoms with E-state index in [4.69, 9.17) is 16.6 Å². The lowest BCUT2D eigenvalue weighted by molar-refractivity contribution is 0.373. The molecule has 1 aromatic carbocycles. The highest BCUT2D eigenvalue weighted by Crippen LogP contribution is 2.30. The molecule has 0 unspecified atom stereocenters. The summed E-state index contributed by atoms with van der Waals surface area (Å²) in [4.78, 5) is 9.15. The molecular formula is C25H28ClFN4. The zero-order valence-corrected chi connectivity index (χ0v) is 18.6. The van der Waals surface area contributed by atoms with Gasteiger partial charge in [-0.15, -0.1) is 0 Å². The van der Waals surface area contributed by atoms with Crippen LogP contribution < -0.4 is 10.6 Å². The summed E-state index contributed by atoms with van der Waals surface area (Å²) in [7, 11) is 0. The van der Waals surface area contributed by atoms with Crippen molar-refractivity contribution >= 4 is 23.2 Å². The molecule has 0 saturated heterocycles. The molecule has 1 aliphatic carbocycles. The van der Waals surface area contributed by atoms with Crippen molar-refractivity contribution in [3.8, 4) is 11.3 Å². The molecule has 1 fully saturated rings. The molecule has 162 valence electrons. The first-order chi connectivity index (χ1) is 15.1. The first-order valence-corrected chi connectivity index (χ1v) is 11.3. The number of benzene rings is 1. The van der Waals surface area contributed by atoms with E-state index in [1.807, 2.05) is 37.3 Å². The van der Waals surface area contributed by atoms with Crippen LogP contribution in [0.15, 0.2) is 48.7 Å². The molecule has 6 heteroatoms. The second kappa shape index (κ2) is 10.1. The van der Waals surface area contributed by atoms with Gasteiger partial charge in [0.05, 0.1) is 10.7 Å². The van der Waals surface area contributed by atoms with Crippen molar-refractivity contribution < 1.29 is 4.39 Å². The molecular weight excluding hydrogens is 411 g/mol. The molecule has 2 N–H and O–H groups in total. The molecule has 0 spiro atoms. The highest BCUT2D eigenvalue weighted by Gasteiger charge is 2.14. The molecule has 1 aliphatic rings. The second-order valence-corrected chi connectivity index (χ2v) is 8.74. The third-order valence-corrected chi connectivity index (χ3v) is 6.05. The van der Waals surface area contributed by atoms with Gasteiger partial charge in [0, 0.05) is 24.8 Å². The Labute approximate surface area is 188 Å². The van der Waals surface area contributed by atoms with Gasteiger partial charge in [-0.2, -0.15) is 0 Å². The third kappa shape index (κ3) is 5.95. The molecule has 0 aliphatic heterocycles. The molecule has 0 bridgehead atoms. The fourth-order valence-electron chi connectivity index (χ4n) is 4.16. The van der Waals surface area contributed by atoms with Crippen LogP contribution in [0, 0.1) is 18.7 Å². The minimum absolute atomic E-state index is 0.227. The average molecular weight is 439 g/mol. The number of nitrogens with one attached hydrogen (secondary N) is 2. The molecule has 4 rings (SSSR count). The van der Waals surface area contributed by atoms with Gasteiger partial charge in [-0.25, -0.2) is 14.4 Å². The SMILES string of the molecule is Cc1cc(F)cc(CNc2cccc(-c3cc(NCC4CCCCC4)ncc3Cl)n2)c1. The summed E-state index contributed by atoms with van der Waals surface area (Å²) in [5.41, 5.74) is 3.39. The maximum atomic E-state index is 13.6. The molecule has 0 amide bonds. The Kier molecular flexibility index (Phi) is 7.03. The van der Waals surface area contributed by atoms with Gasteiger partial charge >= 0.3 is 0 Å². The van der Waals surface area contributed by atoms with Crippen LogP contribution in [-0.2, 0) is 6.54 Å². The van der Waals surface area contributed by atoms with Gasteiger partial charge in [0.15, 0.2) is 0 Å². The highest BCUT2D eigenvalue weighted by atomic mass is 35.5. The van der Waals surface area contributed by atoms with Crippen molar-refractivity contribution in [3.63, 3.8) is 0 Å². The van der Waals surface area contributed by atoms with Crippen molar-refractivity contribution in [3.05, 3.63) is 70.6 Å². The van der Waals surface area contributed by atoms with Crippen LogP contribution in [0.4, 0.5) is 16.0 Å². The predicted molar refractivity (Wildman–Crippen MR) is 126 cm³/mol. The Hall–Kier alpha value is -2.66. The Morgan fingerprint density at radius 2 is 1.87 bits per heavy atom. The van der Waals surface area contributed by atoms with E-state index < -0.39 is 0 Å². The number of anilines is 2. The Bertz CT molecular complexity index is 1010. The standard InChI is InChI=1S/C25H28ClFN4/c1-17-10-19(12-20(27)11-17)15-28-24-9-5-8-23(31-24)21-13-25(30-16-22(21)26)29-14-18-6-3-2-4-7-18/h5,8-13,16,18H,2-4,6-7,14-15H2,1H3,(H,28,31)(H,29,30). The largest absolute Gasteiger partial charge is 0.370 e. The summed E-state index contributed by atoms with van der Waals surface area (Å²) in [5.74, 6) is 2.02. The molecule has 2 heterocycles. The number of pyridine rings is 2. The smallest absolute Gasteiger partial charge is 0.126 e. The van der Waals surface area contributed by atoms with E-state index in [9.17, 15) is 4.39 Å². The summed E-state index contributed by atoms with van der Waals surface area (Å²) < 4.78 is 13.6. The minimum atomic E-state index is -0.227.